The monoisotopic (exact) mass is 533 g/mol. The molecule has 0 rings (SSSR count). The minimum absolute atomic E-state index is 0.00864. The van der Waals surface area contributed by atoms with Crippen molar-refractivity contribution in [2.24, 2.45) is 5.92 Å². The number of esters is 1. The SMILES string of the molecule is CCCCCCCC/C=C\CCCCCCCC(=O)OCCCCCCCC/C=C\CCCCCC(C)C. The van der Waals surface area contributed by atoms with E-state index in [1.54, 1.807) is 0 Å². The van der Waals surface area contributed by atoms with Gasteiger partial charge in [-0.15, -0.1) is 0 Å². The van der Waals surface area contributed by atoms with Gasteiger partial charge in [0.15, 0.2) is 0 Å². The molecule has 224 valence electrons. The number of rotatable bonds is 30. The quantitative estimate of drug-likeness (QED) is 0.0522. The van der Waals surface area contributed by atoms with Gasteiger partial charge < -0.3 is 4.74 Å². The normalized spacial score (nSPS) is 11.9. The van der Waals surface area contributed by atoms with Crippen molar-refractivity contribution < 1.29 is 9.53 Å². The molecule has 0 heterocycles. The number of carbonyl (C=O) groups excluding carboxylic acids is 1. The van der Waals surface area contributed by atoms with E-state index in [0.29, 0.717) is 13.0 Å². The lowest BCUT2D eigenvalue weighted by Gasteiger charge is -2.05. The van der Waals surface area contributed by atoms with Crippen LogP contribution >= 0.6 is 0 Å². The number of hydrogen-bond donors (Lipinski definition) is 0. The average Bonchev–Trinajstić information content (AvgIpc) is 2.90. The average molecular weight is 533 g/mol. The van der Waals surface area contributed by atoms with Crippen LogP contribution < -0.4 is 0 Å². The van der Waals surface area contributed by atoms with Crippen LogP contribution in [0.3, 0.4) is 0 Å². The third-order valence-corrected chi connectivity index (χ3v) is 7.49. The van der Waals surface area contributed by atoms with Crippen molar-refractivity contribution in [3.8, 4) is 0 Å². The molecule has 0 saturated heterocycles. The van der Waals surface area contributed by atoms with E-state index < -0.39 is 0 Å². The Bertz CT molecular complexity index is 519. The number of unbranched alkanes of at least 4 members (excludes halogenated alkanes) is 20. The summed E-state index contributed by atoms with van der Waals surface area (Å²) in [6.45, 7) is 7.52. The van der Waals surface area contributed by atoms with Crippen LogP contribution in [-0.2, 0) is 9.53 Å². The summed E-state index contributed by atoms with van der Waals surface area (Å²) in [5.74, 6) is 0.863. The summed E-state index contributed by atoms with van der Waals surface area (Å²) in [6.07, 6.45) is 42.3. The molecule has 2 nitrogen and oxygen atoms in total. The molecule has 0 unspecified atom stereocenters. The predicted octanol–water partition coefficient (Wildman–Crippen LogP) is 12.5. The van der Waals surface area contributed by atoms with Crippen LogP contribution in [0.25, 0.3) is 0 Å². The number of hydrogen-bond acceptors (Lipinski definition) is 2. The Labute approximate surface area is 239 Å². The lowest BCUT2D eigenvalue weighted by Crippen LogP contribution is -2.05. The molecule has 0 spiro atoms. The second-order valence-electron chi connectivity index (χ2n) is 12.0. The summed E-state index contributed by atoms with van der Waals surface area (Å²) in [6, 6.07) is 0. The van der Waals surface area contributed by atoms with Gasteiger partial charge in [-0.1, -0.05) is 141 Å². The molecule has 2 heteroatoms. The van der Waals surface area contributed by atoms with Crippen molar-refractivity contribution in [1.82, 2.24) is 0 Å². The second-order valence-corrected chi connectivity index (χ2v) is 12.0. The van der Waals surface area contributed by atoms with Crippen LogP contribution in [-0.4, -0.2) is 12.6 Å². The van der Waals surface area contributed by atoms with Gasteiger partial charge in [-0.25, -0.2) is 0 Å². The molecular weight excluding hydrogens is 464 g/mol. The van der Waals surface area contributed by atoms with E-state index in [9.17, 15) is 4.79 Å². The maximum Gasteiger partial charge on any atom is 0.305 e. The molecule has 0 aromatic heterocycles. The van der Waals surface area contributed by atoms with Crippen molar-refractivity contribution in [3.63, 3.8) is 0 Å². The minimum Gasteiger partial charge on any atom is -0.466 e. The molecule has 0 aromatic carbocycles. The first-order valence-electron chi connectivity index (χ1n) is 17.1. The molecule has 0 amide bonds. The highest BCUT2D eigenvalue weighted by Gasteiger charge is 2.02. The molecule has 0 aliphatic rings. The van der Waals surface area contributed by atoms with Gasteiger partial charge in [0.05, 0.1) is 6.61 Å². The summed E-state index contributed by atoms with van der Waals surface area (Å²) in [7, 11) is 0. The van der Waals surface area contributed by atoms with E-state index in [1.807, 2.05) is 0 Å². The summed E-state index contributed by atoms with van der Waals surface area (Å²) in [4.78, 5) is 11.9. The zero-order valence-corrected chi connectivity index (χ0v) is 26.3. The van der Waals surface area contributed by atoms with E-state index in [0.717, 1.165) is 25.2 Å². The highest BCUT2D eigenvalue weighted by atomic mass is 16.5. The first kappa shape index (κ1) is 37.0. The fourth-order valence-electron chi connectivity index (χ4n) is 4.90. The Morgan fingerprint density at radius 2 is 0.921 bits per heavy atom. The highest BCUT2D eigenvalue weighted by molar-refractivity contribution is 5.69. The van der Waals surface area contributed by atoms with Crippen molar-refractivity contribution in [1.29, 1.82) is 0 Å². The molecule has 0 aromatic rings. The summed E-state index contributed by atoms with van der Waals surface area (Å²) >= 11 is 0. The molecule has 0 aliphatic carbocycles. The molecular formula is C36H68O2. The van der Waals surface area contributed by atoms with Crippen molar-refractivity contribution >= 4 is 5.97 Å². The molecule has 0 aliphatic heterocycles. The second kappa shape index (κ2) is 32.2. The maximum absolute atomic E-state index is 11.9. The molecule has 0 N–H and O–H groups in total. The summed E-state index contributed by atoms with van der Waals surface area (Å²) in [5.41, 5.74) is 0. The number of carbonyl (C=O) groups is 1. The Morgan fingerprint density at radius 3 is 1.39 bits per heavy atom. The lowest BCUT2D eigenvalue weighted by atomic mass is 10.0. The molecule has 38 heavy (non-hydrogen) atoms. The van der Waals surface area contributed by atoms with Gasteiger partial charge in [0.25, 0.3) is 0 Å². The van der Waals surface area contributed by atoms with Gasteiger partial charge in [-0.05, 0) is 70.1 Å². The number of ether oxygens (including phenoxy) is 1. The Balaban J connectivity index is 3.24. The van der Waals surface area contributed by atoms with Crippen molar-refractivity contribution in [2.75, 3.05) is 6.61 Å². The van der Waals surface area contributed by atoms with Gasteiger partial charge in [-0.2, -0.15) is 0 Å². The largest absolute Gasteiger partial charge is 0.466 e. The van der Waals surface area contributed by atoms with Gasteiger partial charge in [0.2, 0.25) is 0 Å². The van der Waals surface area contributed by atoms with E-state index in [-0.39, 0.29) is 5.97 Å². The maximum atomic E-state index is 11.9. The van der Waals surface area contributed by atoms with Gasteiger partial charge in [0.1, 0.15) is 0 Å². The van der Waals surface area contributed by atoms with Gasteiger partial charge in [-0.3, -0.25) is 4.79 Å². The van der Waals surface area contributed by atoms with Crippen molar-refractivity contribution in [2.45, 2.75) is 188 Å². The molecule has 0 saturated carbocycles. The van der Waals surface area contributed by atoms with Crippen molar-refractivity contribution in [3.05, 3.63) is 24.3 Å². The van der Waals surface area contributed by atoms with E-state index in [1.165, 1.54) is 141 Å². The fourth-order valence-corrected chi connectivity index (χ4v) is 4.90. The van der Waals surface area contributed by atoms with Crippen LogP contribution in [0.5, 0.6) is 0 Å². The smallest absolute Gasteiger partial charge is 0.305 e. The summed E-state index contributed by atoms with van der Waals surface area (Å²) < 4.78 is 5.42. The van der Waals surface area contributed by atoms with Gasteiger partial charge in [0, 0.05) is 6.42 Å². The van der Waals surface area contributed by atoms with Crippen LogP contribution in [0.15, 0.2) is 24.3 Å². The fraction of sp³-hybridized carbons (Fsp3) is 0.861. The zero-order chi connectivity index (χ0) is 27.8. The Morgan fingerprint density at radius 1 is 0.526 bits per heavy atom. The Kier molecular flexibility index (Phi) is 31.3. The highest BCUT2D eigenvalue weighted by Crippen LogP contribution is 2.12. The van der Waals surface area contributed by atoms with E-state index in [4.69, 9.17) is 4.74 Å². The Hall–Kier alpha value is -1.05. The topological polar surface area (TPSA) is 26.3 Å². The van der Waals surface area contributed by atoms with Crippen LogP contribution in [0, 0.1) is 5.92 Å². The predicted molar refractivity (Wildman–Crippen MR) is 170 cm³/mol. The lowest BCUT2D eigenvalue weighted by molar-refractivity contribution is -0.143. The molecule has 0 atom stereocenters. The number of allylic oxidation sites excluding steroid dienone is 4. The van der Waals surface area contributed by atoms with Crippen LogP contribution in [0.1, 0.15) is 188 Å². The first-order chi connectivity index (χ1) is 18.7. The standard InChI is InChI=1S/C36H68O2/c1-4-5-6-7-8-9-10-11-12-15-18-21-24-27-30-33-36(37)38-34-31-28-25-22-19-16-13-14-17-20-23-26-29-32-35(2)3/h11-12,14,17,35H,4-10,13,15-16,18-34H2,1-3H3/b12-11-,17-14-. The summed E-state index contributed by atoms with van der Waals surface area (Å²) in [5, 5.41) is 0. The third kappa shape index (κ3) is 33.0. The third-order valence-electron chi connectivity index (χ3n) is 7.49. The molecule has 0 radical (unpaired) electrons. The van der Waals surface area contributed by atoms with Gasteiger partial charge >= 0.3 is 5.97 Å². The zero-order valence-electron chi connectivity index (χ0n) is 26.3. The minimum atomic E-state index is 0.00864. The molecule has 0 bridgehead atoms. The van der Waals surface area contributed by atoms with E-state index >= 15 is 0 Å². The van der Waals surface area contributed by atoms with Crippen LogP contribution in [0.2, 0.25) is 0 Å². The molecule has 0 fully saturated rings. The van der Waals surface area contributed by atoms with E-state index in [2.05, 4.69) is 45.1 Å². The first-order valence-corrected chi connectivity index (χ1v) is 17.1. The van der Waals surface area contributed by atoms with Crippen LogP contribution in [0.4, 0.5) is 0 Å².